The number of carbonyl (C=O) groups is 1. The van der Waals surface area contributed by atoms with Crippen molar-refractivity contribution in [1.29, 1.82) is 0 Å². The number of nitrogens with zero attached hydrogens (tertiary/aromatic N) is 1. The Balaban J connectivity index is 1.94. The first-order chi connectivity index (χ1) is 10.1. The Morgan fingerprint density at radius 2 is 2.05 bits per heavy atom. The molecule has 0 radical (unpaired) electrons. The highest BCUT2D eigenvalue weighted by atomic mass is 16.2. The van der Waals surface area contributed by atoms with E-state index in [0.717, 1.165) is 38.2 Å². The minimum Gasteiger partial charge on any atom is -0.324 e. The lowest BCUT2D eigenvalue weighted by Crippen LogP contribution is -2.48. The molecule has 1 aromatic rings. The second-order valence-corrected chi connectivity index (χ2v) is 5.79. The van der Waals surface area contributed by atoms with Crippen LogP contribution in [0.15, 0.2) is 24.3 Å². The highest BCUT2D eigenvalue weighted by molar-refractivity contribution is 5.96. The molecule has 2 N–H and O–H groups in total. The van der Waals surface area contributed by atoms with Gasteiger partial charge in [-0.3, -0.25) is 4.79 Å². The summed E-state index contributed by atoms with van der Waals surface area (Å²) < 4.78 is 0. The maximum atomic E-state index is 12.4. The van der Waals surface area contributed by atoms with Crippen LogP contribution in [0.3, 0.4) is 0 Å². The van der Waals surface area contributed by atoms with Gasteiger partial charge in [-0.15, -0.1) is 0 Å². The van der Waals surface area contributed by atoms with Crippen LogP contribution in [0.4, 0.5) is 5.69 Å². The molecule has 116 valence electrons. The molecule has 21 heavy (non-hydrogen) atoms. The molecule has 0 saturated heterocycles. The summed E-state index contributed by atoms with van der Waals surface area (Å²) in [5.74, 6) is 0.0892. The predicted molar refractivity (Wildman–Crippen MR) is 87.6 cm³/mol. The van der Waals surface area contributed by atoms with Gasteiger partial charge in [-0.1, -0.05) is 32.0 Å². The van der Waals surface area contributed by atoms with Crippen LogP contribution in [0.1, 0.15) is 32.8 Å². The fourth-order valence-electron chi connectivity index (χ4n) is 2.94. The fraction of sp³-hybridized carbons (Fsp3) is 0.588. The molecule has 0 aliphatic carbocycles. The van der Waals surface area contributed by atoms with Gasteiger partial charge in [0.25, 0.3) is 0 Å². The van der Waals surface area contributed by atoms with Crippen molar-refractivity contribution in [2.45, 2.75) is 45.7 Å². The predicted octanol–water partition coefficient (Wildman–Crippen LogP) is 2.26. The molecule has 0 spiro atoms. The second kappa shape index (κ2) is 7.57. The van der Waals surface area contributed by atoms with Crippen LogP contribution in [-0.2, 0) is 11.2 Å². The lowest BCUT2D eigenvalue weighted by Gasteiger charge is -2.26. The molecule has 2 atom stereocenters. The smallest absolute Gasteiger partial charge is 0.241 e. The number of rotatable bonds is 6. The fourth-order valence-corrected chi connectivity index (χ4v) is 2.94. The van der Waals surface area contributed by atoms with E-state index in [4.69, 9.17) is 0 Å². The Morgan fingerprint density at radius 1 is 1.33 bits per heavy atom. The highest BCUT2D eigenvalue weighted by Crippen LogP contribution is 2.21. The van der Waals surface area contributed by atoms with Gasteiger partial charge in [-0.25, -0.2) is 0 Å². The van der Waals surface area contributed by atoms with Crippen LogP contribution in [0.25, 0.3) is 0 Å². The third-order valence-corrected chi connectivity index (χ3v) is 4.21. The molecule has 1 aliphatic rings. The van der Waals surface area contributed by atoms with Crippen molar-refractivity contribution in [3.63, 3.8) is 0 Å². The molecular formula is C17H27N3O. The van der Waals surface area contributed by atoms with Gasteiger partial charge >= 0.3 is 0 Å². The van der Waals surface area contributed by atoms with E-state index in [1.165, 1.54) is 5.56 Å². The molecule has 1 aromatic carbocycles. The zero-order valence-electron chi connectivity index (χ0n) is 13.4. The number of nitrogens with one attached hydrogen (secondary N) is 2. The summed E-state index contributed by atoms with van der Waals surface area (Å²) in [6.45, 7) is 9.57. The number of fused-ring (bicyclic) bond motifs is 1. The molecule has 0 aromatic heterocycles. The number of hydrogen-bond donors (Lipinski definition) is 2. The van der Waals surface area contributed by atoms with Gasteiger partial charge in [0.2, 0.25) is 5.91 Å². The van der Waals surface area contributed by atoms with E-state index >= 15 is 0 Å². The third kappa shape index (κ3) is 4.29. The van der Waals surface area contributed by atoms with Crippen molar-refractivity contribution in [3.8, 4) is 0 Å². The molecule has 1 aliphatic heterocycles. The maximum absolute atomic E-state index is 12.4. The zero-order chi connectivity index (χ0) is 15.2. The van der Waals surface area contributed by atoms with Crippen LogP contribution < -0.4 is 10.6 Å². The molecule has 0 bridgehead atoms. The average molecular weight is 289 g/mol. The lowest BCUT2D eigenvalue weighted by molar-refractivity contribution is -0.118. The Kier molecular flexibility index (Phi) is 5.76. The first kappa shape index (κ1) is 16.0. The van der Waals surface area contributed by atoms with Crippen molar-refractivity contribution in [2.24, 2.45) is 0 Å². The first-order valence-electron chi connectivity index (χ1n) is 8.01. The molecule has 1 amide bonds. The second-order valence-electron chi connectivity index (χ2n) is 5.79. The number of hydrogen-bond acceptors (Lipinski definition) is 3. The quantitative estimate of drug-likeness (QED) is 0.844. The van der Waals surface area contributed by atoms with Crippen molar-refractivity contribution in [3.05, 3.63) is 29.8 Å². The normalized spacial score (nSPS) is 19.8. The number of likely N-dealkylation sites (N-methyl/N-ethyl adjacent to an activating group) is 1. The summed E-state index contributed by atoms with van der Waals surface area (Å²) in [6, 6.07) is 8.27. The number of anilines is 1. The molecule has 4 heteroatoms. The molecule has 0 saturated carbocycles. The van der Waals surface area contributed by atoms with E-state index in [9.17, 15) is 4.79 Å². The molecule has 2 rings (SSSR count). The molecule has 0 fully saturated rings. The van der Waals surface area contributed by atoms with Crippen molar-refractivity contribution < 1.29 is 4.79 Å². The Bertz CT molecular complexity index is 471. The topological polar surface area (TPSA) is 44.4 Å². The minimum absolute atomic E-state index is 0.0892. The largest absolute Gasteiger partial charge is 0.324 e. The molecule has 4 nitrogen and oxygen atoms in total. The minimum atomic E-state index is -0.108. The van der Waals surface area contributed by atoms with Gasteiger partial charge in [-0.2, -0.15) is 0 Å². The van der Waals surface area contributed by atoms with Crippen molar-refractivity contribution in [1.82, 2.24) is 10.2 Å². The molecular weight excluding hydrogens is 262 g/mol. The van der Waals surface area contributed by atoms with Gasteiger partial charge in [0, 0.05) is 18.3 Å². The van der Waals surface area contributed by atoms with E-state index in [-0.39, 0.29) is 11.9 Å². The standard InChI is InChI=1S/C17H27N3O/c1-4-20(5-2)12-13(3)18-16-11-10-14-8-6-7-9-15(14)19-17(16)21/h6-9,13,16,18H,4-5,10-12H2,1-3H3,(H,19,21). The summed E-state index contributed by atoms with van der Waals surface area (Å²) >= 11 is 0. The Hall–Kier alpha value is -1.39. The number of amides is 1. The lowest BCUT2D eigenvalue weighted by atomic mass is 10.1. The van der Waals surface area contributed by atoms with Gasteiger partial charge in [0.15, 0.2) is 0 Å². The van der Waals surface area contributed by atoms with Gasteiger partial charge < -0.3 is 15.5 Å². The van der Waals surface area contributed by atoms with Crippen LogP contribution in [0, 0.1) is 0 Å². The summed E-state index contributed by atoms with van der Waals surface area (Å²) in [5.41, 5.74) is 2.19. The SMILES string of the molecule is CCN(CC)CC(C)NC1CCc2ccccc2NC1=O. The highest BCUT2D eigenvalue weighted by Gasteiger charge is 2.24. The zero-order valence-corrected chi connectivity index (χ0v) is 13.4. The van der Waals surface area contributed by atoms with E-state index in [1.54, 1.807) is 0 Å². The van der Waals surface area contributed by atoms with E-state index in [2.05, 4.69) is 42.4 Å². The molecule has 2 unspecified atom stereocenters. The summed E-state index contributed by atoms with van der Waals surface area (Å²) in [6.07, 6.45) is 1.79. The van der Waals surface area contributed by atoms with Gasteiger partial charge in [0.1, 0.15) is 0 Å². The number of benzene rings is 1. The number of aryl methyl sites for hydroxylation is 1. The maximum Gasteiger partial charge on any atom is 0.241 e. The van der Waals surface area contributed by atoms with Crippen LogP contribution >= 0.6 is 0 Å². The molecule has 1 heterocycles. The summed E-state index contributed by atoms with van der Waals surface area (Å²) in [5, 5.41) is 6.53. The van der Waals surface area contributed by atoms with E-state index in [1.807, 2.05) is 18.2 Å². The average Bonchev–Trinajstić information content (AvgIpc) is 2.64. The van der Waals surface area contributed by atoms with Crippen LogP contribution in [0.5, 0.6) is 0 Å². The van der Waals surface area contributed by atoms with Crippen LogP contribution in [0.2, 0.25) is 0 Å². The monoisotopic (exact) mass is 289 g/mol. The number of para-hydroxylation sites is 1. The Labute approximate surface area is 127 Å². The van der Waals surface area contributed by atoms with Gasteiger partial charge in [-0.05, 0) is 44.5 Å². The van der Waals surface area contributed by atoms with Crippen LogP contribution in [-0.4, -0.2) is 42.5 Å². The van der Waals surface area contributed by atoms with Crippen molar-refractivity contribution in [2.75, 3.05) is 25.0 Å². The third-order valence-electron chi connectivity index (χ3n) is 4.21. The summed E-state index contributed by atoms with van der Waals surface area (Å²) in [7, 11) is 0. The first-order valence-corrected chi connectivity index (χ1v) is 8.01. The van der Waals surface area contributed by atoms with Gasteiger partial charge in [0.05, 0.1) is 6.04 Å². The number of carbonyl (C=O) groups excluding carboxylic acids is 1. The Morgan fingerprint density at radius 3 is 2.76 bits per heavy atom. The van der Waals surface area contributed by atoms with E-state index in [0.29, 0.717) is 6.04 Å². The van der Waals surface area contributed by atoms with Crippen molar-refractivity contribution >= 4 is 11.6 Å². The van der Waals surface area contributed by atoms with E-state index < -0.39 is 0 Å². The summed E-state index contributed by atoms with van der Waals surface area (Å²) in [4.78, 5) is 14.7.